The molecule has 1 atom stereocenters. The number of fused-ring (bicyclic) bond motifs is 1. The molecule has 0 radical (unpaired) electrons. The van der Waals surface area contributed by atoms with E-state index in [0.717, 1.165) is 11.8 Å². The van der Waals surface area contributed by atoms with E-state index in [2.05, 4.69) is 30.6 Å². The number of aromatic amines is 1. The number of hydrogen-bond donors (Lipinski definition) is 3. The van der Waals surface area contributed by atoms with E-state index >= 15 is 0 Å². The second-order valence-corrected chi connectivity index (χ2v) is 8.22. The van der Waals surface area contributed by atoms with Gasteiger partial charge in [-0.2, -0.15) is 0 Å². The van der Waals surface area contributed by atoms with Crippen LogP contribution in [-0.2, 0) is 14.3 Å². The quantitative estimate of drug-likeness (QED) is 0.250. The Morgan fingerprint density at radius 3 is 2.63 bits per heavy atom. The summed E-state index contributed by atoms with van der Waals surface area (Å²) in [5, 5.41) is 5.24. The number of amides is 2. The molecule has 2 heterocycles. The maximum Gasteiger partial charge on any atom is 0.340 e. The molecule has 35 heavy (non-hydrogen) atoms. The van der Waals surface area contributed by atoms with E-state index in [-0.39, 0.29) is 23.0 Å². The highest BCUT2D eigenvalue weighted by Crippen LogP contribution is 2.24. The van der Waals surface area contributed by atoms with Gasteiger partial charge < -0.3 is 20.4 Å². The number of ether oxygens (including phenoxy) is 1. The Balaban J connectivity index is 1.36. The normalized spacial score (nSPS) is 11.6. The molecule has 0 spiro atoms. The third kappa shape index (κ3) is 5.98. The van der Waals surface area contributed by atoms with Crippen LogP contribution in [0.5, 0.6) is 0 Å². The van der Waals surface area contributed by atoms with Crippen LogP contribution < -0.4 is 10.6 Å². The fraction of sp³-hybridized carbons (Fsp3) is 0.130. The van der Waals surface area contributed by atoms with E-state index < -0.39 is 23.8 Å². The Bertz CT molecular complexity index is 1380. The lowest BCUT2D eigenvalue weighted by Gasteiger charge is -2.15. The molecule has 4 rings (SSSR count). The molecule has 12 heteroatoms. The van der Waals surface area contributed by atoms with E-state index in [1.807, 2.05) is 0 Å². The monoisotopic (exact) mass is 494 g/mol. The van der Waals surface area contributed by atoms with Crippen LogP contribution in [0, 0.1) is 5.82 Å². The summed E-state index contributed by atoms with van der Waals surface area (Å²) in [6.45, 7) is 1.43. The van der Waals surface area contributed by atoms with Crippen LogP contribution in [0.2, 0.25) is 0 Å². The van der Waals surface area contributed by atoms with E-state index in [1.54, 1.807) is 24.3 Å². The summed E-state index contributed by atoms with van der Waals surface area (Å²) in [4.78, 5) is 52.9. The minimum atomic E-state index is -1.13. The number of benzene rings is 2. The van der Waals surface area contributed by atoms with Gasteiger partial charge in [0.15, 0.2) is 17.6 Å². The number of thioether (sulfide) groups is 1. The van der Waals surface area contributed by atoms with Crippen LogP contribution in [0.3, 0.4) is 0 Å². The van der Waals surface area contributed by atoms with Crippen molar-refractivity contribution < 1.29 is 23.5 Å². The summed E-state index contributed by atoms with van der Waals surface area (Å²) in [6, 6.07) is 12.0. The number of H-pyrrole nitrogens is 1. The number of carbonyl (C=O) groups is 3. The largest absolute Gasteiger partial charge is 0.449 e. The highest BCUT2D eigenvalue weighted by atomic mass is 32.2. The summed E-state index contributed by atoms with van der Waals surface area (Å²) in [6.07, 6.45) is 1.55. The molecule has 10 nitrogen and oxygen atoms in total. The fourth-order valence-corrected chi connectivity index (χ4v) is 3.83. The van der Waals surface area contributed by atoms with Gasteiger partial charge >= 0.3 is 5.97 Å². The maximum atomic E-state index is 13.0. The van der Waals surface area contributed by atoms with Crippen LogP contribution in [-0.4, -0.2) is 49.6 Å². The van der Waals surface area contributed by atoms with Crippen molar-refractivity contribution in [3.8, 4) is 0 Å². The van der Waals surface area contributed by atoms with Crippen LogP contribution in [0.1, 0.15) is 17.3 Å². The molecule has 0 saturated heterocycles. The second-order valence-electron chi connectivity index (χ2n) is 7.20. The van der Waals surface area contributed by atoms with Crippen molar-refractivity contribution in [3.05, 3.63) is 72.6 Å². The molecule has 0 aliphatic heterocycles. The van der Waals surface area contributed by atoms with Crippen molar-refractivity contribution in [1.29, 1.82) is 0 Å². The number of nitrogens with one attached hydrogen (secondary N) is 3. The first-order valence-corrected chi connectivity index (χ1v) is 11.3. The standard InChI is InChI=1S/C23H19FN6O4S/c1-13(22(32)30-21-19-20(26-11-25-19)27-12-28-21)34-23(33)16-4-2-3-5-17(16)35-10-18(31)29-15-8-6-14(24)7-9-15/h2-9,11-13H,10H2,1H3,(H,29,31)(H2,25,26,27,28,30,32)/t13-/m0/s1. The Morgan fingerprint density at radius 1 is 1.06 bits per heavy atom. The van der Waals surface area contributed by atoms with Gasteiger partial charge in [-0.1, -0.05) is 12.1 Å². The van der Waals surface area contributed by atoms with Crippen molar-refractivity contribution in [3.63, 3.8) is 0 Å². The first-order valence-electron chi connectivity index (χ1n) is 10.3. The van der Waals surface area contributed by atoms with Gasteiger partial charge in [-0.3, -0.25) is 9.59 Å². The Morgan fingerprint density at radius 2 is 1.83 bits per heavy atom. The molecule has 2 amide bonds. The fourth-order valence-electron chi connectivity index (χ4n) is 2.99. The van der Waals surface area contributed by atoms with Crippen molar-refractivity contribution in [2.75, 3.05) is 16.4 Å². The van der Waals surface area contributed by atoms with E-state index in [0.29, 0.717) is 21.7 Å². The van der Waals surface area contributed by atoms with E-state index in [9.17, 15) is 18.8 Å². The first-order chi connectivity index (χ1) is 16.9. The summed E-state index contributed by atoms with van der Waals surface area (Å²) in [7, 11) is 0. The van der Waals surface area contributed by atoms with Crippen molar-refractivity contribution >= 4 is 52.2 Å². The van der Waals surface area contributed by atoms with Gasteiger partial charge in [0.25, 0.3) is 5.91 Å². The Hall–Kier alpha value is -4.32. The number of imidazole rings is 1. The first kappa shape index (κ1) is 23.8. The minimum Gasteiger partial charge on any atom is -0.449 e. The molecular weight excluding hydrogens is 475 g/mol. The van der Waals surface area contributed by atoms with Crippen molar-refractivity contribution in [1.82, 2.24) is 19.9 Å². The summed E-state index contributed by atoms with van der Waals surface area (Å²) >= 11 is 1.13. The third-order valence-electron chi connectivity index (χ3n) is 4.71. The summed E-state index contributed by atoms with van der Waals surface area (Å²) < 4.78 is 18.4. The summed E-state index contributed by atoms with van der Waals surface area (Å²) in [5.74, 6) is -1.82. The number of aromatic nitrogens is 4. The van der Waals surface area contributed by atoms with Gasteiger partial charge in [-0.05, 0) is 43.3 Å². The zero-order valence-corrected chi connectivity index (χ0v) is 19.1. The number of hydrogen-bond acceptors (Lipinski definition) is 8. The van der Waals surface area contributed by atoms with Gasteiger partial charge in [0, 0.05) is 10.6 Å². The number of esters is 1. The van der Waals surface area contributed by atoms with Gasteiger partial charge in [-0.25, -0.2) is 24.1 Å². The zero-order valence-electron chi connectivity index (χ0n) is 18.3. The van der Waals surface area contributed by atoms with Crippen LogP contribution in [0.15, 0.2) is 66.1 Å². The highest BCUT2D eigenvalue weighted by molar-refractivity contribution is 8.00. The number of nitrogens with zero attached hydrogens (tertiary/aromatic N) is 3. The maximum absolute atomic E-state index is 13.0. The number of rotatable bonds is 8. The molecule has 2 aromatic carbocycles. The van der Waals surface area contributed by atoms with Crippen LogP contribution >= 0.6 is 11.8 Å². The summed E-state index contributed by atoms with van der Waals surface area (Å²) in [5.41, 5.74) is 1.50. The number of halogens is 1. The molecule has 3 N–H and O–H groups in total. The predicted molar refractivity (Wildman–Crippen MR) is 127 cm³/mol. The van der Waals surface area contributed by atoms with E-state index in [4.69, 9.17) is 4.74 Å². The van der Waals surface area contributed by atoms with E-state index in [1.165, 1.54) is 43.8 Å². The molecule has 0 aliphatic rings. The minimum absolute atomic E-state index is 0.00556. The lowest BCUT2D eigenvalue weighted by atomic mass is 10.2. The molecule has 0 unspecified atom stereocenters. The number of carbonyl (C=O) groups excluding carboxylic acids is 3. The molecule has 178 valence electrons. The molecule has 2 aromatic heterocycles. The smallest absolute Gasteiger partial charge is 0.340 e. The lowest BCUT2D eigenvalue weighted by Crippen LogP contribution is -2.30. The van der Waals surface area contributed by atoms with Crippen molar-refractivity contribution in [2.45, 2.75) is 17.9 Å². The second kappa shape index (κ2) is 10.7. The average Bonchev–Trinajstić information content (AvgIpc) is 3.34. The molecule has 0 fully saturated rings. The van der Waals surface area contributed by atoms with Gasteiger partial charge in [0.1, 0.15) is 17.7 Å². The van der Waals surface area contributed by atoms with Crippen LogP contribution in [0.25, 0.3) is 11.2 Å². The topological polar surface area (TPSA) is 139 Å². The number of anilines is 2. The molecule has 4 aromatic rings. The Labute approximate surface area is 202 Å². The zero-order chi connectivity index (χ0) is 24.8. The molecule has 0 bridgehead atoms. The molecular formula is C23H19FN6O4S. The highest BCUT2D eigenvalue weighted by Gasteiger charge is 2.22. The third-order valence-corrected chi connectivity index (χ3v) is 5.78. The van der Waals surface area contributed by atoms with Gasteiger partial charge in [0.05, 0.1) is 17.6 Å². The van der Waals surface area contributed by atoms with Gasteiger partial charge in [-0.15, -0.1) is 11.8 Å². The predicted octanol–water partition coefficient (Wildman–Crippen LogP) is 3.41. The molecule has 0 aliphatic carbocycles. The average molecular weight is 495 g/mol. The van der Waals surface area contributed by atoms with Crippen molar-refractivity contribution in [2.24, 2.45) is 0 Å². The lowest BCUT2D eigenvalue weighted by molar-refractivity contribution is -0.123. The Kier molecular flexibility index (Phi) is 7.31. The van der Waals surface area contributed by atoms with Crippen LogP contribution in [0.4, 0.5) is 15.9 Å². The molecule has 0 saturated carbocycles. The van der Waals surface area contributed by atoms with Gasteiger partial charge in [0.2, 0.25) is 5.91 Å². The SMILES string of the molecule is C[C@H](OC(=O)c1ccccc1SCC(=O)Nc1ccc(F)cc1)C(=O)Nc1ncnc2nc[nH]c12.